The molecule has 1 amide bonds. The Balaban J connectivity index is 1.36. The Hall–Kier alpha value is -2.13. The van der Waals surface area contributed by atoms with Crippen LogP contribution in [0.4, 0.5) is 5.69 Å². The largest absolute Gasteiger partial charge is 0.339 e. The number of benzene rings is 1. The van der Waals surface area contributed by atoms with Crippen molar-refractivity contribution in [3.8, 4) is 0 Å². The van der Waals surface area contributed by atoms with E-state index in [0.717, 1.165) is 49.6 Å². The second-order valence-electron chi connectivity index (χ2n) is 9.57. The number of carbonyl (C=O) groups is 1. The summed E-state index contributed by atoms with van der Waals surface area (Å²) in [4.78, 5) is 17.9. The van der Waals surface area contributed by atoms with E-state index >= 15 is 0 Å². The number of hydrogen-bond donors (Lipinski definition) is 1. The van der Waals surface area contributed by atoms with Crippen LogP contribution in [0.25, 0.3) is 0 Å². The van der Waals surface area contributed by atoms with E-state index in [1.807, 2.05) is 30.0 Å². The van der Waals surface area contributed by atoms with Gasteiger partial charge < -0.3 is 10.2 Å². The molecule has 178 valence electrons. The van der Waals surface area contributed by atoms with E-state index < -0.39 is 5.54 Å². The standard InChI is InChI=1S/C24H35N7OS/c1-33-17-12-21(22-26-27-28-31(22)20-10-6-3-7-11-20)29-15-13-24(14-16-29)23(32)25-18-30(24)19-8-4-2-5-9-19/h2,4-5,8-9,20-21H,3,6-7,10-18H2,1H3,(H,25,32). The van der Waals surface area contributed by atoms with Gasteiger partial charge in [0, 0.05) is 18.8 Å². The van der Waals surface area contributed by atoms with Gasteiger partial charge in [0.15, 0.2) is 5.82 Å². The van der Waals surface area contributed by atoms with Gasteiger partial charge in [0.25, 0.3) is 0 Å². The number of nitrogens with one attached hydrogen (secondary N) is 1. The van der Waals surface area contributed by atoms with E-state index in [9.17, 15) is 4.79 Å². The Morgan fingerprint density at radius 2 is 1.91 bits per heavy atom. The maximum Gasteiger partial charge on any atom is 0.247 e. The maximum atomic E-state index is 13.1. The predicted molar refractivity (Wildman–Crippen MR) is 131 cm³/mol. The van der Waals surface area contributed by atoms with Crippen molar-refractivity contribution in [2.45, 2.75) is 69.0 Å². The van der Waals surface area contributed by atoms with Crippen LogP contribution in [0.2, 0.25) is 0 Å². The molecule has 1 aromatic heterocycles. The first kappa shape index (κ1) is 22.7. The van der Waals surface area contributed by atoms with Gasteiger partial charge in [-0.3, -0.25) is 9.69 Å². The van der Waals surface area contributed by atoms with Crippen molar-refractivity contribution in [3.63, 3.8) is 0 Å². The summed E-state index contributed by atoms with van der Waals surface area (Å²) in [5, 5.41) is 16.2. The number of hydrogen-bond acceptors (Lipinski definition) is 7. The third-order valence-electron chi connectivity index (χ3n) is 7.80. The van der Waals surface area contributed by atoms with Crippen LogP contribution in [0.3, 0.4) is 0 Å². The topological polar surface area (TPSA) is 79.2 Å². The van der Waals surface area contributed by atoms with Crippen LogP contribution in [0, 0.1) is 0 Å². The lowest BCUT2D eigenvalue weighted by atomic mass is 9.85. The Bertz CT molecular complexity index is 922. The lowest BCUT2D eigenvalue weighted by Gasteiger charge is -2.45. The Morgan fingerprint density at radius 1 is 1.15 bits per heavy atom. The number of para-hydroxylation sites is 1. The van der Waals surface area contributed by atoms with Crippen LogP contribution in [-0.2, 0) is 4.79 Å². The molecule has 3 aliphatic rings. The summed E-state index contributed by atoms with van der Waals surface area (Å²) in [6.45, 7) is 2.32. The number of nitrogens with zero attached hydrogens (tertiary/aromatic N) is 6. The first-order valence-corrected chi connectivity index (χ1v) is 13.7. The smallest absolute Gasteiger partial charge is 0.247 e. The number of carbonyl (C=O) groups excluding carboxylic acids is 1. The van der Waals surface area contributed by atoms with Crippen molar-refractivity contribution >= 4 is 23.4 Å². The molecular weight excluding hydrogens is 434 g/mol. The van der Waals surface area contributed by atoms with Gasteiger partial charge in [0.05, 0.1) is 18.8 Å². The molecule has 2 aromatic rings. The summed E-state index contributed by atoms with van der Waals surface area (Å²) in [6, 6.07) is 10.9. The maximum absolute atomic E-state index is 13.1. The second-order valence-corrected chi connectivity index (χ2v) is 10.6. The van der Waals surface area contributed by atoms with Gasteiger partial charge in [0.2, 0.25) is 5.91 Å². The minimum absolute atomic E-state index is 0.165. The molecule has 1 N–H and O–H groups in total. The SMILES string of the molecule is CSCCC(c1nnnn1C1CCCCC1)N1CCC2(CC1)C(=O)NCN2c1ccccc1. The van der Waals surface area contributed by atoms with E-state index in [-0.39, 0.29) is 11.9 Å². The fourth-order valence-corrected chi connectivity index (χ4v) is 6.41. The van der Waals surface area contributed by atoms with Gasteiger partial charge in [-0.15, -0.1) is 5.10 Å². The lowest BCUT2D eigenvalue weighted by molar-refractivity contribution is -0.125. The van der Waals surface area contributed by atoms with Gasteiger partial charge in [-0.2, -0.15) is 11.8 Å². The fraction of sp³-hybridized carbons (Fsp3) is 0.667. The molecule has 1 aromatic carbocycles. The van der Waals surface area contributed by atoms with Gasteiger partial charge in [-0.25, -0.2) is 4.68 Å². The van der Waals surface area contributed by atoms with Crippen LogP contribution in [-0.4, -0.2) is 68.3 Å². The highest BCUT2D eigenvalue weighted by atomic mass is 32.2. The van der Waals surface area contributed by atoms with Crippen molar-refractivity contribution in [3.05, 3.63) is 36.2 Å². The molecule has 0 bridgehead atoms. The first-order chi connectivity index (χ1) is 16.2. The Labute approximate surface area is 200 Å². The molecule has 9 heteroatoms. The lowest BCUT2D eigenvalue weighted by Crippen LogP contribution is -2.57. The highest BCUT2D eigenvalue weighted by Gasteiger charge is 2.51. The van der Waals surface area contributed by atoms with E-state index in [4.69, 9.17) is 0 Å². The highest BCUT2D eigenvalue weighted by molar-refractivity contribution is 7.98. The molecule has 0 radical (unpaired) electrons. The van der Waals surface area contributed by atoms with Crippen molar-refractivity contribution in [1.82, 2.24) is 30.4 Å². The second kappa shape index (κ2) is 10.0. The van der Waals surface area contributed by atoms with Gasteiger partial charge in [0.1, 0.15) is 5.54 Å². The summed E-state index contributed by atoms with van der Waals surface area (Å²) < 4.78 is 2.13. The summed E-state index contributed by atoms with van der Waals surface area (Å²) in [5.41, 5.74) is 0.654. The summed E-state index contributed by atoms with van der Waals surface area (Å²) in [6.07, 6.45) is 11.0. The third-order valence-corrected chi connectivity index (χ3v) is 8.45. The van der Waals surface area contributed by atoms with E-state index in [1.165, 1.54) is 32.1 Å². The Morgan fingerprint density at radius 3 is 2.64 bits per heavy atom. The van der Waals surface area contributed by atoms with Crippen LogP contribution in [0.1, 0.15) is 69.3 Å². The molecule has 1 spiro atoms. The van der Waals surface area contributed by atoms with Crippen LogP contribution in [0.5, 0.6) is 0 Å². The number of amides is 1. The van der Waals surface area contributed by atoms with E-state index in [2.05, 4.69) is 53.7 Å². The molecule has 3 fully saturated rings. The summed E-state index contributed by atoms with van der Waals surface area (Å²) >= 11 is 1.87. The zero-order valence-electron chi connectivity index (χ0n) is 19.5. The molecule has 2 saturated heterocycles. The fourth-order valence-electron chi connectivity index (χ4n) is 5.95. The average Bonchev–Trinajstić information content (AvgIpc) is 3.47. The molecule has 5 rings (SSSR count). The van der Waals surface area contributed by atoms with Crippen molar-refractivity contribution in [1.29, 1.82) is 0 Å². The minimum Gasteiger partial charge on any atom is -0.339 e. The summed E-state index contributed by atoms with van der Waals surface area (Å²) in [7, 11) is 0. The molecule has 33 heavy (non-hydrogen) atoms. The molecule has 1 aliphatic carbocycles. The first-order valence-electron chi connectivity index (χ1n) is 12.3. The van der Waals surface area contributed by atoms with E-state index in [0.29, 0.717) is 12.7 Å². The van der Waals surface area contributed by atoms with E-state index in [1.54, 1.807) is 0 Å². The summed E-state index contributed by atoms with van der Waals surface area (Å²) in [5.74, 6) is 2.25. The molecule has 1 saturated carbocycles. The van der Waals surface area contributed by atoms with Crippen molar-refractivity contribution in [2.24, 2.45) is 0 Å². The highest BCUT2D eigenvalue weighted by Crippen LogP contribution is 2.39. The number of tetrazole rings is 1. The molecule has 2 aliphatic heterocycles. The number of likely N-dealkylation sites (tertiary alicyclic amines) is 1. The van der Waals surface area contributed by atoms with Crippen molar-refractivity contribution in [2.75, 3.05) is 36.7 Å². The molecule has 3 heterocycles. The van der Waals surface area contributed by atoms with Crippen LogP contribution < -0.4 is 10.2 Å². The number of aromatic nitrogens is 4. The van der Waals surface area contributed by atoms with Crippen molar-refractivity contribution < 1.29 is 4.79 Å². The van der Waals surface area contributed by atoms with Gasteiger partial charge in [-0.05, 0) is 66.7 Å². The quantitative estimate of drug-likeness (QED) is 0.666. The zero-order valence-corrected chi connectivity index (χ0v) is 20.3. The third kappa shape index (κ3) is 4.37. The monoisotopic (exact) mass is 469 g/mol. The number of piperidine rings is 1. The van der Waals surface area contributed by atoms with Gasteiger partial charge in [-0.1, -0.05) is 37.5 Å². The number of rotatable bonds is 7. The zero-order chi connectivity index (χ0) is 22.7. The predicted octanol–water partition coefficient (Wildman–Crippen LogP) is 3.40. The average molecular weight is 470 g/mol. The number of anilines is 1. The van der Waals surface area contributed by atoms with Gasteiger partial charge >= 0.3 is 0 Å². The molecule has 1 atom stereocenters. The van der Waals surface area contributed by atoms with Crippen LogP contribution in [0.15, 0.2) is 30.3 Å². The Kier molecular flexibility index (Phi) is 6.87. The number of thioether (sulfide) groups is 1. The molecule has 1 unspecified atom stereocenters. The normalized spacial score (nSPS) is 22.6. The minimum atomic E-state index is -0.461. The molecule has 8 nitrogen and oxygen atoms in total. The van der Waals surface area contributed by atoms with Crippen LogP contribution >= 0.6 is 11.8 Å². The molecular formula is C24H35N7OS.